The van der Waals surface area contributed by atoms with E-state index in [1.54, 1.807) is 0 Å². The average Bonchev–Trinajstić information content (AvgIpc) is 2.01. The van der Waals surface area contributed by atoms with Crippen LogP contribution in [0.1, 0.15) is 6.42 Å². The molecule has 0 amide bonds. The van der Waals surface area contributed by atoms with E-state index in [4.69, 9.17) is 9.47 Å². The molecule has 1 heterocycles. The number of rotatable bonds is 0. The van der Waals surface area contributed by atoms with Gasteiger partial charge < -0.3 is 9.47 Å². The highest BCUT2D eigenvalue weighted by atomic mass is 16.5. The van der Waals surface area contributed by atoms with E-state index in [1.807, 2.05) is 6.21 Å². The number of hydrogen-bond donors (Lipinski definition) is 0. The second kappa shape index (κ2) is 5.38. The van der Waals surface area contributed by atoms with Crippen LogP contribution < -0.4 is 0 Å². The molecule has 0 atom stereocenters. The fourth-order valence-electron chi connectivity index (χ4n) is 0.758. The highest BCUT2D eigenvalue weighted by Gasteiger charge is 1.90. The maximum atomic E-state index is 5.19. The van der Waals surface area contributed by atoms with Gasteiger partial charge in [-0.3, -0.25) is 4.99 Å². The molecular weight excluding hydrogens is 130 g/mol. The van der Waals surface area contributed by atoms with Gasteiger partial charge in [-0.15, -0.1) is 0 Å². The fraction of sp³-hybridized carbons (Fsp3) is 0.857. The van der Waals surface area contributed by atoms with Gasteiger partial charge in [-0.2, -0.15) is 0 Å². The maximum Gasteiger partial charge on any atom is 0.0701 e. The molecule has 0 aromatic carbocycles. The first-order valence-corrected chi connectivity index (χ1v) is 3.64. The Balaban J connectivity index is 2.13. The Hall–Kier alpha value is -0.410. The summed E-state index contributed by atoms with van der Waals surface area (Å²) in [6.45, 7) is 3.70. The van der Waals surface area contributed by atoms with Crippen LogP contribution in [-0.4, -0.2) is 39.2 Å². The molecule has 0 N–H and O–H groups in total. The van der Waals surface area contributed by atoms with Crippen molar-refractivity contribution >= 4 is 6.21 Å². The Kier molecular flexibility index (Phi) is 4.14. The lowest BCUT2D eigenvalue weighted by Gasteiger charge is -2.05. The third-order valence-electron chi connectivity index (χ3n) is 1.26. The van der Waals surface area contributed by atoms with Gasteiger partial charge in [-0.1, -0.05) is 0 Å². The van der Waals surface area contributed by atoms with E-state index in [1.165, 1.54) is 0 Å². The van der Waals surface area contributed by atoms with Crippen LogP contribution in [0.5, 0.6) is 0 Å². The Morgan fingerprint density at radius 2 is 1.80 bits per heavy atom. The molecule has 0 saturated carbocycles. The van der Waals surface area contributed by atoms with Gasteiger partial charge in [-0.05, 0) is 0 Å². The first-order chi connectivity index (χ1) is 5.00. The molecule has 3 heteroatoms. The van der Waals surface area contributed by atoms with Crippen molar-refractivity contribution in [3.05, 3.63) is 0 Å². The van der Waals surface area contributed by atoms with Gasteiger partial charge in [0.1, 0.15) is 0 Å². The van der Waals surface area contributed by atoms with Crippen LogP contribution in [0.3, 0.4) is 0 Å². The van der Waals surface area contributed by atoms with Crippen molar-refractivity contribution in [2.24, 2.45) is 4.99 Å². The lowest BCUT2D eigenvalue weighted by Crippen LogP contribution is -2.09. The van der Waals surface area contributed by atoms with Crippen molar-refractivity contribution in [1.82, 2.24) is 0 Å². The largest absolute Gasteiger partial charge is 0.379 e. The predicted molar refractivity (Wildman–Crippen MR) is 39.6 cm³/mol. The van der Waals surface area contributed by atoms with E-state index in [-0.39, 0.29) is 0 Å². The zero-order valence-corrected chi connectivity index (χ0v) is 6.08. The van der Waals surface area contributed by atoms with Crippen molar-refractivity contribution in [3.8, 4) is 0 Å². The summed E-state index contributed by atoms with van der Waals surface area (Å²) in [4.78, 5) is 4.10. The number of aliphatic imine (C=N–C) groups is 1. The molecule has 1 rings (SSSR count). The first-order valence-electron chi connectivity index (χ1n) is 3.64. The Bertz CT molecular complexity index is 91.8. The van der Waals surface area contributed by atoms with Crippen molar-refractivity contribution in [2.75, 3.05) is 33.0 Å². The van der Waals surface area contributed by atoms with Crippen molar-refractivity contribution in [2.45, 2.75) is 6.42 Å². The second-order valence-electron chi connectivity index (χ2n) is 2.10. The van der Waals surface area contributed by atoms with Gasteiger partial charge in [0.05, 0.1) is 33.0 Å². The van der Waals surface area contributed by atoms with Crippen LogP contribution in [0.4, 0.5) is 0 Å². The van der Waals surface area contributed by atoms with Crippen LogP contribution in [0.25, 0.3) is 0 Å². The van der Waals surface area contributed by atoms with Gasteiger partial charge in [0.25, 0.3) is 0 Å². The molecule has 3 nitrogen and oxygen atoms in total. The highest BCUT2D eigenvalue weighted by Crippen LogP contribution is 1.85. The molecule has 0 aromatic rings. The zero-order chi connectivity index (χ0) is 7.07. The minimum absolute atomic E-state index is 0.704. The van der Waals surface area contributed by atoms with Crippen LogP contribution >= 0.6 is 0 Å². The molecule has 0 aliphatic carbocycles. The van der Waals surface area contributed by atoms with Crippen LogP contribution in [0.15, 0.2) is 4.99 Å². The van der Waals surface area contributed by atoms with E-state index in [0.717, 1.165) is 26.2 Å². The summed E-state index contributed by atoms with van der Waals surface area (Å²) in [7, 11) is 0. The topological polar surface area (TPSA) is 30.8 Å². The van der Waals surface area contributed by atoms with Crippen LogP contribution in [0.2, 0.25) is 0 Å². The van der Waals surface area contributed by atoms with Crippen LogP contribution in [0, 0.1) is 0 Å². The number of nitrogens with zero attached hydrogens (tertiary/aromatic N) is 1. The zero-order valence-electron chi connectivity index (χ0n) is 6.08. The third-order valence-corrected chi connectivity index (χ3v) is 1.26. The first kappa shape index (κ1) is 7.69. The summed E-state index contributed by atoms with van der Waals surface area (Å²) >= 11 is 0. The molecule has 0 spiro atoms. The summed E-state index contributed by atoms with van der Waals surface area (Å²) in [5.74, 6) is 0. The summed E-state index contributed by atoms with van der Waals surface area (Å²) in [6.07, 6.45) is 2.83. The lowest BCUT2D eigenvalue weighted by molar-refractivity contribution is 0.0523. The van der Waals surface area contributed by atoms with Gasteiger partial charge in [0.15, 0.2) is 0 Å². The predicted octanol–water partition coefficient (Wildman–Crippen LogP) is 0.494. The van der Waals surface area contributed by atoms with Gasteiger partial charge in [0, 0.05) is 12.6 Å². The Morgan fingerprint density at radius 1 is 1.00 bits per heavy atom. The molecule has 0 fully saturated rings. The molecule has 0 aromatic heterocycles. The molecule has 0 unspecified atom stereocenters. The minimum atomic E-state index is 0.704. The molecule has 0 saturated heterocycles. The third kappa shape index (κ3) is 3.58. The highest BCUT2D eigenvalue weighted by molar-refractivity contribution is 5.57. The molecule has 0 bridgehead atoms. The van der Waals surface area contributed by atoms with E-state index >= 15 is 0 Å². The summed E-state index contributed by atoms with van der Waals surface area (Å²) in [5.41, 5.74) is 0. The van der Waals surface area contributed by atoms with Crippen molar-refractivity contribution in [3.63, 3.8) is 0 Å². The average molecular weight is 143 g/mol. The van der Waals surface area contributed by atoms with Crippen molar-refractivity contribution < 1.29 is 9.47 Å². The normalized spacial score (nSPS) is 22.4. The molecule has 0 radical (unpaired) electrons. The SMILES string of the molecule is C1=NCCOCCOCC1. The van der Waals surface area contributed by atoms with E-state index in [0.29, 0.717) is 13.2 Å². The Labute approximate surface area is 61.0 Å². The summed E-state index contributed by atoms with van der Waals surface area (Å²) in [6, 6.07) is 0. The van der Waals surface area contributed by atoms with E-state index < -0.39 is 0 Å². The minimum Gasteiger partial charge on any atom is -0.379 e. The van der Waals surface area contributed by atoms with Gasteiger partial charge in [-0.25, -0.2) is 0 Å². The van der Waals surface area contributed by atoms with Gasteiger partial charge in [0.2, 0.25) is 0 Å². The Morgan fingerprint density at radius 3 is 2.70 bits per heavy atom. The molecular formula is C7H13NO2. The van der Waals surface area contributed by atoms with Gasteiger partial charge >= 0.3 is 0 Å². The summed E-state index contributed by atoms with van der Waals surface area (Å²) < 4.78 is 10.4. The summed E-state index contributed by atoms with van der Waals surface area (Å²) in [5, 5.41) is 0. The quantitative estimate of drug-likeness (QED) is 0.494. The molecule has 10 heavy (non-hydrogen) atoms. The fourth-order valence-corrected chi connectivity index (χ4v) is 0.758. The van der Waals surface area contributed by atoms with Crippen molar-refractivity contribution in [1.29, 1.82) is 0 Å². The molecule has 1 aliphatic rings. The standard InChI is InChI=1S/C7H13NO2/c1-2-8-3-5-10-7-6-9-4-1/h2H,1,3-7H2. The smallest absolute Gasteiger partial charge is 0.0701 e. The van der Waals surface area contributed by atoms with E-state index in [9.17, 15) is 0 Å². The molecule has 1 aliphatic heterocycles. The number of ether oxygens (including phenoxy) is 2. The maximum absolute atomic E-state index is 5.19. The van der Waals surface area contributed by atoms with E-state index in [2.05, 4.69) is 4.99 Å². The second-order valence-corrected chi connectivity index (χ2v) is 2.10. The lowest BCUT2D eigenvalue weighted by atomic mass is 10.5. The monoisotopic (exact) mass is 143 g/mol. The number of hydrogen-bond acceptors (Lipinski definition) is 3. The molecule has 58 valence electrons. The van der Waals surface area contributed by atoms with Crippen LogP contribution in [-0.2, 0) is 9.47 Å².